The van der Waals surface area contributed by atoms with Crippen molar-refractivity contribution in [1.29, 1.82) is 0 Å². The lowest BCUT2D eigenvalue weighted by atomic mass is 10.0. The molecule has 3 N–H and O–H groups in total. The average molecular weight is 267 g/mol. The molecule has 0 amide bonds. The minimum atomic E-state index is 0.161. The first-order valence-electron chi connectivity index (χ1n) is 4.93. The summed E-state index contributed by atoms with van der Waals surface area (Å²) in [4.78, 5) is 0. The maximum absolute atomic E-state index is 5.53. The van der Waals surface area contributed by atoms with Crippen LogP contribution in [0.25, 0.3) is 0 Å². The molecule has 1 rings (SSSR count). The van der Waals surface area contributed by atoms with E-state index >= 15 is 0 Å². The lowest BCUT2D eigenvalue weighted by molar-refractivity contribution is 0.501. The molecular formula is C12H15BrN2. The molecule has 0 saturated heterocycles. The number of nitrogens with one attached hydrogen (secondary N) is 1. The second kappa shape index (κ2) is 6.62. The van der Waals surface area contributed by atoms with E-state index in [-0.39, 0.29) is 6.04 Å². The monoisotopic (exact) mass is 266 g/mol. The van der Waals surface area contributed by atoms with Gasteiger partial charge in [-0.3, -0.25) is 11.3 Å². The number of terminal acetylenes is 1. The van der Waals surface area contributed by atoms with Crippen molar-refractivity contribution in [3.05, 3.63) is 34.3 Å². The molecule has 0 heterocycles. The van der Waals surface area contributed by atoms with E-state index < -0.39 is 0 Å². The molecule has 0 aliphatic carbocycles. The number of hydrazine groups is 1. The Labute approximate surface area is 99.3 Å². The number of halogens is 1. The van der Waals surface area contributed by atoms with Gasteiger partial charge in [-0.2, -0.15) is 0 Å². The summed E-state index contributed by atoms with van der Waals surface area (Å²) in [6.07, 6.45) is 7.93. The lowest BCUT2D eigenvalue weighted by Gasteiger charge is -2.17. The third-order valence-electron chi connectivity index (χ3n) is 2.30. The maximum atomic E-state index is 5.53. The molecule has 1 aromatic carbocycles. The van der Waals surface area contributed by atoms with E-state index in [1.54, 1.807) is 0 Å². The Balaban J connectivity index is 2.66. The molecule has 0 saturated carbocycles. The van der Waals surface area contributed by atoms with E-state index in [2.05, 4.69) is 33.3 Å². The molecule has 0 aliphatic heterocycles. The van der Waals surface area contributed by atoms with Crippen LogP contribution >= 0.6 is 15.9 Å². The van der Waals surface area contributed by atoms with Gasteiger partial charge in [-0.25, -0.2) is 0 Å². The molecule has 1 unspecified atom stereocenters. The van der Waals surface area contributed by atoms with Gasteiger partial charge in [0.15, 0.2) is 0 Å². The predicted molar refractivity (Wildman–Crippen MR) is 66.9 cm³/mol. The summed E-state index contributed by atoms with van der Waals surface area (Å²) >= 11 is 3.51. The Kier molecular flexibility index (Phi) is 5.41. The number of rotatable bonds is 5. The van der Waals surface area contributed by atoms with Crippen LogP contribution in [0.2, 0.25) is 0 Å². The summed E-state index contributed by atoms with van der Waals surface area (Å²) in [5, 5.41) is 0. The second-order valence-electron chi connectivity index (χ2n) is 3.34. The molecule has 80 valence electrons. The smallest absolute Gasteiger partial charge is 0.0471 e. The highest BCUT2D eigenvalue weighted by Crippen LogP contribution is 2.25. The molecule has 0 fully saturated rings. The topological polar surface area (TPSA) is 38.0 Å². The third-order valence-corrected chi connectivity index (χ3v) is 3.02. The minimum absolute atomic E-state index is 0.161. The van der Waals surface area contributed by atoms with Crippen LogP contribution in [0.5, 0.6) is 0 Å². The Morgan fingerprint density at radius 2 is 2.20 bits per heavy atom. The van der Waals surface area contributed by atoms with E-state index in [4.69, 9.17) is 12.3 Å². The van der Waals surface area contributed by atoms with Crippen LogP contribution in [-0.4, -0.2) is 0 Å². The van der Waals surface area contributed by atoms with Crippen molar-refractivity contribution in [1.82, 2.24) is 5.43 Å². The quantitative estimate of drug-likeness (QED) is 0.372. The molecule has 2 nitrogen and oxygen atoms in total. The molecule has 0 aliphatic rings. The molecule has 1 aromatic rings. The van der Waals surface area contributed by atoms with Crippen LogP contribution in [0.1, 0.15) is 30.9 Å². The van der Waals surface area contributed by atoms with Crippen molar-refractivity contribution in [2.24, 2.45) is 5.84 Å². The van der Waals surface area contributed by atoms with Gasteiger partial charge in [0, 0.05) is 16.9 Å². The molecule has 0 radical (unpaired) electrons. The highest BCUT2D eigenvalue weighted by Gasteiger charge is 2.11. The second-order valence-corrected chi connectivity index (χ2v) is 4.19. The van der Waals surface area contributed by atoms with Crippen molar-refractivity contribution in [2.45, 2.75) is 25.3 Å². The summed E-state index contributed by atoms with van der Waals surface area (Å²) < 4.78 is 1.08. The van der Waals surface area contributed by atoms with E-state index in [1.165, 1.54) is 5.56 Å². The normalized spacial score (nSPS) is 12.1. The van der Waals surface area contributed by atoms with E-state index in [0.717, 1.165) is 23.7 Å². The first-order chi connectivity index (χ1) is 7.29. The van der Waals surface area contributed by atoms with Crippen LogP contribution < -0.4 is 11.3 Å². The Bertz CT molecular complexity index is 344. The maximum Gasteiger partial charge on any atom is 0.0471 e. The van der Waals surface area contributed by atoms with Gasteiger partial charge in [-0.1, -0.05) is 34.1 Å². The van der Waals surface area contributed by atoms with Crippen molar-refractivity contribution >= 4 is 15.9 Å². The van der Waals surface area contributed by atoms with Crippen molar-refractivity contribution in [3.63, 3.8) is 0 Å². The van der Waals surface area contributed by atoms with Crippen molar-refractivity contribution < 1.29 is 0 Å². The Hall–Kier alpha value is -0.820. The summed E-state index contributed by atoms with van der Waals surface area (Å²) in [5.74, 6) is 8.17. The Morgan fingerprint density at radius 3 is 2.80 bits per heavy atom. The van der Waals surface area contributed by atoms with E-state index in [0.29, 0.717) is 0 Å². The van der Waals surface area contributed by atoms with Crippen molar-refractivity contribution in [3.8, 4) is 12.3 Å². The fourth-order valence-corrected chi connectivity index (χ4v) is 2.06. The van der Waals surface area contributed by atoms with Crippen LogP contribution in [0.4, 0.5) is 0 Å². The van der Waals surface area contributed by atoms with Gasteiger partial charge in [-0.15, -0.1) is 12.3 Å². The SMILES string of the molecule is C#CCCCC(NN)c1ccccc1Br. The van der Waals surface area contributed by atoms with E-state index in [1.807, 2.05) is 18.2 Å². The predicted octanol–water partition coefficient (Wildman–Crippen LogP) is 2.76. The zero-order valence-corrected chi connectivity index (χ0v) is 10.1. The summed E-state index contributed by atoms with van der Waals surface area (Å²) in [5.41, 5.74) is 4.00. The first kappa shape index (κ1) is 12.3. The van der Waals surface area contributed by atoms with Crippen LogP contribution in [-0.2, 0) is 0 Å². The molecule has 0 aromatic heterocycles. The van der Waals surface area contributed by atoms with Gasteiger partial charge in [-0.05, 0) is 24.5 Å². The number of hydrogen-bond donors (Lipinski definition) is 2. The molecule has 15 heavy (non-hydrogen) atoms. The van der Waals surface area contributed by atoms with Gasteiger partial charge < -0.3 is 0 Å². The van der Waals surface area contributed by atoms with Gasteiger partial charge >= 0.3 is 0 Å². The van der Waals surface area contributed by atoms with Crippen LogP contribution in [0.3, 0.4) is 0 Å². The zero-order valence-electron chi connectivity index (χ0n) is 8.54. The van der Waals surface area contributed by atoms with Gasteiger partial charge in [0.2, 0.25) is 0 Å². The molecule has 0 spiro atoms. The van der Waals surface area contributed by atoms with Gasteiger partial charge in [0.1, 0.15) is 0 Å². The average Bonchev–Trinajstić information content (AvgIpc) is 2.26. The van der Waals surface area contributed by atoms with Gasteiger partial charge in [0.25, 0.3) is 0 Å². The fourth-order valence-electron chi connectivity index (χ4n) is 1.49. The van der Waals surface area contributed by atoms with Crippen LogP contribution in [0.15, 0.2) is 28.7 Å². The Morgan fingerprint density at radius 1 is 1.47 bits per heavy atom. The molecule has 3 heteroatoms. The highest BCUT2D eigenvalue weighted by molar-refractivity contribution is 9.10. The fraction of sp³-hybridized carbons (Fsp3) is 0.333. The van der Waals surface area contributed by atoms with Crippen molar-refractivity contribution in [2.75, 3.05) is 0 Å². The number of hydrogen-bond acceptors (Lipinski definition) is 2. The summed E-state index contributed by atoms with van der Waals surface area (Å²) in [7, 11) is 0. The largest absolute Gasteiger partial charge is 0.271 e. The molecule has 1 atom stereocenters. The van der Waals surface area contributed by atoms with Gasteiger partial charge in [0.05, 0.1) is 0 Å². The first-order valence-corrected chi connectivity index (χ1v) is 5.73. The zero-order chi connectivity index (χ0) is 11.1. The number of unbranched alkanes of at least 4 members (excludes halogenated alkanes) is 1. The lowest BCUT2D eigenvalue weighted by Crippen LogP contribution is -2.28. The number of nitrogens with two attached hydrogens (primary N) is 1. The highest BCUT2D eigenvalue weighted by atomic mass is 79.9. The number of benzene rings is 1. The minimum Gasteiger partial charge on any atom is -0.271 e. The van der Waals surface area contributed by atoms with E-state index in [9.17, 15) is 0 Å². The standard InChI is InChI=1S/C12H15BrN2/c1-2-3-4-9-12(15-14)10-7-5-6-8-11(10)13/h1,5-8,12,15H,3-4,9,14H2. The van der Waals surface area contributed by atoms with Crippen LogP contribution in [0, 0.1) is 12.3 Å². The molecule has 0 bridgehead atoms. The summed E-state index contributed by atoms with van der Waals surface area (Å²) in [6, 6.07) is 8.23. The third kappa shape index (κ3) is 3.67. The molecular weight excluding hydrogens is 252 g/mol. The summed E-state index contributed by atoms with van der Waals surface area (Å²) in [6.45, 7) is 0.